The van der Waals surface area contributed by atoms with E-state index in [1.165, 1.54) is 6.07 Å². The van der Waals surface area contributed by atoms with Gasteiger partial charge in [0, 0.05) is 5.39 Å². The van der Waals surface area contributed by atoms with Crippen LogP contribution in [0.15, 0.2) is 23.0 Å². The Bertz CT molecular complexity index is 708. The van der Waals surface area contributed by atoms with Gasteiger partial charge in [-0.2, -0.15) is 0 Å². The molecule has 0 amide bonds. The summed E-state index contributed by atoms with van der Waals surface area (Å²) in [5.74, 6) is -1.82. The Hall–Kier alpha value is -2.37. The topological polar surface area (TPSA) is 79.4 Å². The largest absolute Gasteiger partial charge is 0.505 e. The van der Waals surface area contributed by atoms with E-state index in [0.29, 0.717) is 6.42 Å². The summed E-state index contributed by atoms with van der Waals surface area (Å²) in [5, 5.41) is 10.1. The number of H-pyrrole nitrogens is 1. The maximum absolute atomic E-state index is 13.1. The molecule has 0 saturated carbocycles. The number of aromatic amines is 1. The number of aromatic hydroxyl groups is 1. The average molecular weight is 279 g/mol. The first-order valence-electron chi connectivity index (χ1n) is 6.26. The summed E-state index contributed by atoms with van der Waals surface area (Å²) < 4.78 is 18.0. The summed E-state index contributed by atoms with van der Waals surface area (Å²) >= 11 is 0. The number of esters is 1. The Morgan fingerprint density at radius 3 is 2.85 bits per heavy atom. The Morgan fingerprint density at radius 1 is 1.40 bits per heavy atom. The van der Waals surface area contributed by atoms with Crippen molar-refractivity contribution in [3.63, 3.8) is 0 Å². The van der Waals surface area contributed by atoms with Crippen LogP contribution >= 0.6 is 0 Å². The summed E-state index contributed by atoms with van der Waals surface area (Å²) in [5.41, 5.74) is -0.968. The summed E-state index contributed by atoms with van der Waals surface area (Å²) in [6.07, 6.45) is 1.54. The molecule has 0 aliphatic heterocycles. The number of ether oxygens (including phenoxy) is 1. The lowest BCUT2D eigenvalue weighted by molar-refractivity contribution is 0.0489. The third-order valence-corrected chi connectivity index (χ3v) is 2.89. The Labute approximate surface area is 114 Å². The van der Waals surface area contributed by atoms with Crippen molar-refractivity contribution in [1.82, 2.24) is 4.98 Å². The van der Waals surface area contributed by atoms with E-state index in [9.17, 15) is 19.1 Å². The average Bonchev–Trinajstić information content (AvgIpc) is 2.42. The van der Waals surface area contributed by atoms with Gasteiger partial charge in [0.1, 0.15) is 5.82 Å². The highest BCUT2D eigenvalue weighted by Gasteiger charge is 2.18. The Kier molecular flexibility index (Phi) is 4.02. The number of hydrogen-bond acceptors (Lipinski definition) is 4. The molecule has 1 aromatic heterocycles. The number of rotatable bonds is 4. The molecule has 0 radical (unpaired) electrons. The van der Waals surface area contributed by atoms with Gasteiger partial charge >= 0.3 is 5.97 Å². The number of unbranched alkanes of at least 4 members (excludes halogenated alkanes) is 1. The molecule has 6 heteroatoms. The normalized spacial score (nSPS) is 10.7. The van der Waals surface area contributed by atoms with E-state index in [-0.39, 0.29) is 23.1 Å². The minimum Gasteiger partial charge on any atom is -0.505 e. The highest BCUT2D eigenvalue weighted by Crippen LogP contribution is 2.25. The zero-order valence-electron chi connectivity index (χ0n) is 10.9. The molecular weight excluding hydrogens is 265 g/mol. The zero-order valence-corrected chi connectivity index (χ0v) is 10.9. The molecule has 2 N–H and O–H groups in total. The fourth-order valence-corrected chi connectivity index (χ4v) is 1.81. The number of carbonyl (C=O) groups excluding carboxylic acids is 1. The number of halogens is 1. The van der Waals surface area contributed by atoms with Crippen LogP contribution in [0.3, 0.4) is 0 Å². The molecule has 2 rings (SSSR count). The van der Waals surface area contributed by atoms with E-state index in [4.69, 9.17) is 4.74 Å². The van der Waals surface area contributed by atoms with Gasteiger partial charge in [-0.3, -0.25) is 4.79 Å². The molecule has 1 heterocycles. The van der Waals surface area contributed by atoms with Gasteiger partial charge in [-0.25, -0.2) is 9.18 Å². The predicted molar refractivity (Wildman–Crippen MR) is 71.4 cm³/mol. The molecule has 5 nitrogen and oxygen atoms in total. The van der Waals surface area contributed by atoms with Crippen molar-refractivity contribution in [2.24, 2.45) is 0 Å². The molecular formula is C14H14FNO4. The van der Waals surface area contributed by atoms with Crippen molar-refractivity contribution in [2.45, 2.75) is 19.8 Å². The molecule has 2 aromatic rings. The van der Waals surface area contributed by atoms with Crippen LogP contribution in [0.4, 0.5) is 4.39 Å². The van der Waals surface area contributed by atoms with Gasteiger partial charge in [0.15, 0.2) is 11.4 Å². The van der Waals surface area contributed by atoms with E-state index in [1.54, 1.807) is 0 Å². The van der Waals surface area contributed by atoms with Crippen LogP contribution < -0.4 is 5.56 Å². The highest BCUT2D eigenvalue weighted by atomic mass is 19.1. The van der Waals surface area contributed by atoms with Gasteiger partial charge in [0.2, 0.25) is 0 Å². The lowest BCUT2D eigenvalue weighted by Gasteiger charge is -2.08. The van der Waals surface area contributed by atoms with E-state index in [2.05, 4.69) is 4.98 Å². The lowest BCUT2D eigenvalue weighted by Crippen LogP contribution is -2.16. The van der Waals surface area contributed by atoms with Crippen molar-refractivity contribution in [1.29, 1.82) is 0 Å². The van der Waals surface area contributed by atoms with Gasteiger partial charge in [-0.1, -0.05) is 13.3 Å². The van der Waals surface area contributed by atoms with Crippen LogP contribution in [0, 0.1) is 5.82 Å². The minimum absolute atomic E-state index is 0.0207. The van der Waals surface area contributed by atoms with Gasteiger partial charge in [-0.15, -0.1) is 0 Å². The van der Waals surface area contributed by atoms with Crippen LogP contribution in [0.2, 0.25) is 0 Å². The number of pyridine rings is 1. The first-order valence-corrected chi connectivity index (χ1v) is 6.26. The number of carbonyl (C=O) groups is 1. The third-order valence-electron chi connectivity index (χ3n) is 2.89. The van der Waals surface area contributed by atoms with E-state index in [0.717, 1.165) is 18.6 Å². The number of hydrogen-bond donors (Lipinski definition) is 2. The standard InChI is InChI=1S/C14H14FNO4/c1-2-3-6-20-14(19)11-12(17)9-5-4-8(15)7-10(9)13(18)16-11/h4-5,7,17H,2-3,6H2,1H3,(H,16,18). The summed E-state index contributed by atoms with van der Waals surface area (Å²) in [7, 11) is 0. The number of benzene rings is 1. The van der Waals surface area contributed by atoms with E-state index in [1.807, 2.05) is 6.92 Å². The molecule has 0 saturated heterocycles. The number of aromatic nitrogens is 1. The molecule has 0 fully saturated rings. The van der Waals surface area contributed by atoms with Crippen LogP contribution in [0.25, 0.3) is 10.8 Å². The van der Waals surface area contributed by atoms with Crippen LogP contribution in [-0.4, -0.2) is 22.7 Å². The highest BCUT2D eigenvalue weighted by molar-refractivity contribution is 5.98. The molecule has 0 spiro atoms. The fourth-order valence-electron chi connectivity index (χ4n) is 1.81. The smallest absolute Gasteiger partial charge is 0.358 e. The van der Waals surface area contributed by atoms with Crippen LogP contribution in [-0.2, 0) is 4.74 Å². The minimum atomic E-state index is -0.806. The summed E-state index contributed by atoms with van der Waals surface area (Å²) in [4.78, 5) is 25.8. The monoisotopic (exact) mass is 279 g/mol. The molecule has 1 aromatic carbocycles. The lowest BCUT2D eigenvalue weighted by atomic mass is 10.1. The maximum atomic E-state index is 13.1. The predicted octanol–water partition coefficient (Wildman–Crippen LogP) is 2.33. The zero-order chi connectivity index (χ0) is 14.7. The molecule has 0 bridgehead atoms. The number of fused-ring (bicyclic) bond motifs is 1. The van der Waals surface area contributed by atoms with E-state index >= 15 is 0 Å². The van der Waals surface area contributed by atoms with Crippen molar-refractivity contribution >= 4 is 16.7 Å². The first kappa shape index (κ1) is 14.0. The second kappa shape index (κ2) is 5.73. The van der Waals surface area contributed by atoms with Crippen molar-refractivity contribution in [3.05, 3.63) is 40.1 Å². The summed E-state index contributed by atoms with van der Waals surface area (Å²) in [6.45, 7) is 2.15. The molecule has 0 atom stereocenters. The summed E-state index contributed by atoms with van der Waals surface area (Å²) in [6, 6.07) is 3.35. The first-order chi connectivity index (χ1) is 9.54. The molecule has 0 aliphatic rings. The van der Waals surface area contributed by atoms with Crippen molar-refractivity contribution < 1.29 is 19.0 Å². The van der Waals surface area contributed by atoms with E-state index < -0.39 is 23.1 Å². The van der Waals surface area contributed by atoms with Crippen LogP contribution in [0.1, 0.15) is 30.3 Å². The fraction of sp³-hybridized carbons (Fsp3) is 0.286. The molecule has 106 valence electrons. The molecule has 0 unspecified atom stereocenters. The van der Waals surface area contributed by atoms with Gasteiger partial charge in [0.05, 0.1) is 12.0 Å². The third kappa shape index (κ3) is 2.64. The van der Waals surface area contributed by atoms with Gasteiger partial charge in [-0.05, 0) is 24.6 Å². The Morgan fingerprint density at radius 2 is 2.15 bits per heavy atom. The van der Waals surface area contributed by atoms with Gasteiger partial charge < -0.3 is 14.8 Å². The van der Waals surface area contributed by atoms with Gasteiger partial charge in [0.25, 0.3) is 5.56 Å². The molecule has 20 heavy (non-hydrogen) atoms. The SMILES string of the molecule is CCCCOC(=O)c1[nH]c(=O)c2cc(F)ccc2c1O. The quantitative estimate of drug-likeness (QED) is 0.665. The van der Waals surface area contributed by atoms with Crippen LogP contribution in [0.5, 0.6) is 5.75 Å². The molecule has 0 aliphatic carbocycles. The van der Waals surface area contributed by atoms with Crippen molar-refractivity contribution in [2.75, 3.05) is 6.61 Å². The number of nitrogens with one attached hydrogen (secondary N) is 1. The Balaban J connectivity index is 2.45. The second-order valence-corrected chi connectivity index (χ2v) is 4.36. The van der Waals surface area contributed by atoms with Crippen molar-refractivity contribution in [3.8, 4) is 5.75 Å². The maximum Gasteiger partial charge on any atom is 0.358 e. The second-order valence-electron chi connectivity index (χ2n) is 4.36.